The monoisotopic (exact) mass is 453 g/mol. The number of pyridine rings is 1. The van der Waals surface area contributed by atoms with Crippen LogP contribution in [0.4, 0.5) is 0 Å². The molecule has 0 spiro atoms. The van der Waals surface area contributed by atoms with Gasteiger partial charge in [0.25, 0.3) is 0 Å². The fourth-order valence-electron chi connectivity index (χ4n) is 4.10. The minimum atomic E-state index is 0. The van der Waals surface area contributed by atoms with Gasteiger partial charge in [-0.2, -0.15) is 10.2 Å². The zero-order chi connectivity index (χ0) is 20.5. The molecular weight excluding hydrogens is 433 g/mol. The van der Waals surface area contributed by atoms with Gasteiger partial charge in [-0.15, -0.1) is 12.4 Å². The molecule has 0 atom stereocenters. The minimum absolute atomic E-state index is 0. The van der Waals surface area contributed by atoms with Crippen LogP contribution in [0.5, 0.6) is 11.5 Å². The molecule has 158 valence electrons. The van der Waals surface area contributed by atoms with E-state index in [2.05, 4.69) is 39.4 Å². The Morgan fingerprint density at radius 1 is 1.03 bits per heavy atom. The number of fused-ring (bicyclic) bond motifs is 2. The van der Waals surface area contributed by atoms with E-state index in [1.165, 1.54) is 11.1 Å². The van der Waals surface area contributed by atoms with Gasteiger partial charge in [0.1, 0.15) is 11.3 Å². The van der Waals surface area contributed by atoms with Gasteiger partial charge < -0.3 is 9.47 Å². The molecule has 0 N–H and O–H groups in total. The largest absolute Gasteiger partial charge is 0.493 e. The maximum atomic E-state index is 6.49. The molecule has 7 heteroatoms. The number of nitrogens with zero attached hydrogens (tertiary/aromatic N) is 3. The molecule has 2 heterocycles. The summed E-state index contributed by atoms with van der Waals surface area (Å²) in [6.45, 7) is 0. The molecule has 5 rings (SSSR count). The first-order valence-electron chi connectivity index (χ1n) is 9.86. The van der Waals surface area contributed by atoms with E-state index in [0.717, 1.165) is 40.6 Å². The van der Waals surface area contributed by atoms with E-state index in [1.54, 1.807) is 19.5 Å². The summed E-state index contributed by atoms with van der Waals surface area (Å²) in [6, 6.07) is 16.2. The molecule has 0 amide bonds. The SMILES string of the molecule is COc1ccc2c(Cc3ccnc(Cl)c3)nncc2c1OC1Cc2ccccc2C1.Cl. The molecule has 4 aromatic rings. The Morgan fingerprint density at radius 3 is 2.52 bits per heavy atom. The van der Waals surface area contributed by atoms with Gasteiger partial charge in [-0.1, -0.05) is 35.9 Å². The molecule has 0 aliphatic heterocycles. The van der Waals surface area contributed by atoms with Crippen molar-refractivity contribution < 1.29 is 9.47 Å². The van der Waals surface area contributed by atoms with Crippen molar-refractivity contribution in [2.45, 2.75) is 25.4 Å². The first-order valence-corrected chi connectivity index (χ1v) is 10.2. The van der Waals surface area contributed by atoms with Gasteiger partial charge in [-0.3, -0.25) is 0 Å². The summed E-state index contributed by atoms with van der Waals surface area (Å²) in [4.78, 5) is 4.05. The second-order valence-electron chi connectivity index (χ2n) is 7.43. The minimum Gasteiger partial charge on any atom is -0.493 e. The van der Waals surface area contributed by atoms with Crippen LogP contribution in [0.25, 0.3) is 10.8 Å². The average Bonchev–Trinajstić information content (AvgIpc) is 3.17. The van der Waals surface area contributed by atoms with E-state index >= 15 is 0 Å². The Morgan fingerprint density at radius 2 is 1.81 bits per heavy atom. The highest BCUT2D eigenvalue weighted by Gasteiger charge is 2.25. The quantitative estimate of drug-likeness (QED) is 0.386. The van der Waals surface area contributed by atoms with Crippen LogP contribution in [0, 0.1) is 0 Å². The van der Waals surface area contributed by atoms with Gasteiger partial charge in [-0.05, 0) is 41.0 Å². The number of halogens is 2. The van der Waals surface area contributed by atoms with Crippen molar-refractivity contribution in [3.05, 3.63) is 88.5 Å². The van der Waals surface area contributed by atoms with Crippen molar-refractivity contribution in [1.29, 1.82) is 0 Å². The number of methoxy groups -OCH3 is 1. The summed E-state index contributed by atoms with van der Waals surface area (Å²) in [5, 5.41) is 11.0. The summed E-state index contributed by atoms with van der Waals surface area (Å²) in [5.74, 6) is 1.42. The second kappa shape index (κ2) is 9.08. The highest BCUT2D eigenvalue weighted by Crippen LogP contribution is 2.38. The van der Waals surface area contributed by atoms with Crippen molar-refractivity contribution in [2.75, 3.05) is 7.11 Å². The zero-order valence-corrected chi connectivity index (χ0v) is 18.5. The van der Waals surface area contributed by atoms with E-state index in [-0.39, 0.29) is 18.5 Å². The van der Waals surface area contributed by atoms with Crippen LogP contribution in [-0.4, -0.2) is 28.4 Å². The Bertz CT molecular complexity index is 1210. The van der Waals surface area contributed by atoms with Gasteiger partial charge in [0.2, 0.25) is 0 Å². The Kier molecular flexibility index (Phi) is 6.25. The fourth-order valence-corrected chi connectivity index (χ4v) is 4.29. The van der Waals surface area contributed by atoms with Crippen LogP contribution >= 0.6 is 24.0 Å². The lowest BCUT2D eigenvalue weighted by Crippen LogP contribution is -2.17. The maximum Gasteiger partial charge on any atom is 0.171 e. The summed E-state index contributed by atoms with van der Waals surface area (Å²) < 4.78 is 12.1. The molecule has 1 aliphatic rings. The Balaban J connectivity index is 0.00000231. The van der Waals surface area contributed by atoms with Gasteiger partial charge >= 0.3 is 0 Å². The summed E-state index contributed by atoms with van der Waals surface area (Å²) in [7, 11) is 1.66. The van der Waals surface area contributed by atoms with Crippen molar-refractivity contribution in [3.63, 3.8) is 0 Å². The van der Waals surface area contributed by atoms with Crippen molar-refractivity contribution in [3.8, 4) is 11.5 Å². The van der Waals surface area contributed by atoms with Gasteiger partial charge in [0, 0.05) is 36.2 Å². The predicted octanol–water partition coefficient (Wildman–Crippen LogP) is 5.25. The van der Waals surface area contributed by atoms with Gasteiger partial charge in [-0.25, -0.2) is 4.98 Å². The number of rotatable bonds is 5. The van der Waals surface area contributed by atoms with E-state index < -0.39 is 0 Å². The normalized spacial score (nSPS) is 13.0. The van der Waals surface area contributed by atoms with Gasteiger partial charge in [0.15, 0.2) is 11.5 Å². The molecule has 0 radical (unpaired) electrons. The Labute approximate surface area is 191 Å². The Hall–Kier alpha value is -2.89. The number of benzene rings is 2. The molecule has 1 aliphatic carbocycles. The molecule has 5 nitrogen and oxygen atoms in total. The van der Waals surface area contributed by atoms with Crippen LogP contribution in [0.1, 0.15) is 22.4 Å². The lowest BCUT2D eigenvalue weighted by Gasteiger charge is -2.18. The third-order valence-electron chi connectivity index (χ3n) is 5.52. The van der Waals surface area contributed by atoms with E-state index in [9.17, 15) is 0 Å². The highest BCUT2D eigenvalue weighted by molar-refractivity contribution is 6.29. The van der Waals surface area contributed by atoms with Crippen molar-refractivity contribution >= 4 is 34.8 Å². The molecule has 0 saturated heterocycles. The average molecular weight is 454 g/mol. The fraction of sp³-hybridized carbons (Fsp3) is 0.208. The third kappa shape index (κ3) is 4.29. The maximum absolute atomic E-state index is 6.49. The molecule has 0 fully saturated rings. The van der Waals surface area contributed by atoms with E-state index in [4.69, 9.17) is 21.1 Å². The summed E-state index contributed by atoms with van der Waals surface area (Å²) >= 11 is 6.04. The van der Waals surface area contributed by atoms with Crippen LogP contribution in [-0.2, 0) is 19.3 Å². The highest BCUT2D eigenvalue weighted by atomic mass is 35.5. The van der Waals surface area contributed by atoms with E-state index in [1.807, 2.05) is 24.3 Å². The first kappa shape index (κ1) is 21.3. The zero-order valence-electron chi connectivity index (χ0n) is 16.9. The standard InChI is InChI=1S/C24H20ClN3O2.ClH/c1-29-22-7-6-19-20(14-27-28-21(19)10-15-8-9-26-23(25)11-15)24(22)30-18-12-16-4-2-3-5-17(16)13-18;/h2-9,11,14,18H,10,12-13H2,1H3;1H. The number of aromatic nitrogens is 3. The van der Waals surface area contributed by atoms with Crippen molar-refractivity contribution in [2.24, 2.45) is 0 Å². The first-order chi connectivity index (χ1) is 14.7. The van der Waals surface area contributed by atoms with Crippen LogP contribution < -0.4 is 9.47 Å². The molecule has 0 bridgehead atoms. The molecule has 0 unspecified atom stereocenters. The number of hydrogen-bond acceptors (Lipinski definition) is 5. The number of hydrogen-bond donors (Lipinski definition) is 0. The van der Waals surface area contributed by atoms with Gasteiger partial charge in [0.05, 0.1) is 19.0 Å². The molecule has 31 heavy (non-hydrogen) atoms. The molecular formula is C24H21Cl2N3O2. The van der Waals surface area contributed by atoms with Crippen molar-refractivity contribution in [1.82, 2.24) is 15.2 Å². The molecule has 2 aromatic carbocycles. The predicted molar refractivity (Wildman–Crippen MR) is 124 cm³/mol. The third-order valence-corrected chi connectivity index (χ3v) is 5.72. The van der Waals surface area contributed by atoms with Crippen LogP contribution in [0.15, 0.2) is 60.9 Å². The topological polar surface area (TPSA) is 57.1 Å². The summed E-state index contributed by atoms with van der Waals surface area (Å²) in [5.41, 5.74) is 4.58. The van der Waals surface area contributed by atoms with Crippen LogP contribution in [0.3, 0.4) is 0 Å². The lowest BCUT2D eigenvalue weighted by molar-refractivity contribution is 0.207. The second-order valence-corrected chi connectivity index (χ2v) is 7.82. The van der Waals surface area contributed by atoms with Crippen LogP contribution in [0.2, 0.25) is 5.15 Å². The lowest BCUT2D eigenvalue weighted by atomic mass is 10.0. The smallest absolute Gasteiger partial charge is 0.171 e. The molecule has 0 saturated carbocycles. The number of ether oxygens (including phenoxy) is 2. The van der Waals surface area contributed by atoms with E-state index in [0.29, 0.717) is 17.3 Å². The molecule has 2 aromatic heterocycles. The summed E-state index contributed by atoms with van der Waals surface area (Å²) in [6.07, 6.45) is 5.89.